The van der Waals surface area contributed by atoms with Crippen LogP contribution in [0.5, 0.6) is 11.5 Å². The van der Waals surface area contributed by atoms with Crippen LogP contribution in [0.3, 0.4) is 0 Å². The zero-order valence-corrected chi connectivity index (χ0v) is 22.6. The Morgan fingerprint density at radius 1 is 0.923 bits per heavy atom. The Bertz CT molecular complexity index is 1420. The molecule has 0 saturated heterocycles. The summed E-state index contributed by atoms with van der Waals surface area (Å²) in [5.41, 5.74) is 2.56. The van der Waals surface area contributed by atoms with E-state index < -0.39 is 5.91 Å². The molecule has 0 radical (unpaired) electrons. The summed E-state index contributed by atoms with van der Waals surface area (Å²) in [6, 6.07) is 21.5. The monoisotopic (exact) mass is 548 g/mol. The van der Waals surface area contributed by atoms with Crippen LogP contribution in [-0.4, -0.2) is 67.3 Å². The van der Waals surface area contributed by atoms with E-state index in [2.05, 4.69) is 5.32 Å². The van der Waals surface area contributed by atoms with E-state index >= 15 is 0 Å². The zero-order chi connectivity index (χ0) is 27.8. The van der Waals surface area contributed by atoms with Crippen molar-refractivity contribution in [3.63, 3.8) is 0 Å². The second-order valence-corrected chi connectivity index (χ2v) is 8.90. The summed E-state index contributed by atoms with van der Waals surface area (Å²) in [5.74, 6) is 0.930. The Labute approximate surface area is 231 Å². The lowest BCUT2D eigenvalue weighted by atomic mass is 10.1. The molecule has 39 heavy (non-hydrogen) atoms. The first-order valence-electron chi connectivity index (χ1n) is 12.1. The Balaban J connectivity index is 1.62. The molecule has 0 spiro atoms. The maximum Gasteiger partial charge on any atom is 0.255 e. The molecule has 0 fully saturated rings. The number of anilines is 1. The quantitative estimate of drug-likeness (QED) is 0.285. The Morgan fingerprint density at radius 3 is 2.18 bits per heavy atom. The smallest absolute Gasteiger partial charge is 0.255 e. The molecule has 4 aromatic rings. The van der Waals surface area contributed by atoms with Gasteiger partial charge in [0.05, 0.1) is 37.1 Å². The molecular weight excluding hydrogens is 520 g/mol. The van der Waals surface area contributed by atoms with Crippen LogP contribution in [0.15, 0.2) is 79.0 Å². The maximum atomic E-state index is 13.3. The summed E-state index contributed by atoms with van der Waals surface area (Å²) in [6.45, 7) is 0.240. The fourth-order valence-corrected chi connectivity index (χ4v) is 4.12. The van der Waals surface area contributed by atoms with Crippen LogP contribution in [0.4, 0.5) is 5.95 Å². The number of ether oxygens (including phenoxy) is 3. The molecule has 0 aliphatic heterocycles. The van der Waals surface area contributed by atoms with Crippen molar-refractivity contribution in [3.8, 4) is 28.4 Å². The molecule has 202 valence electrons. The molecule has 4 rings (SSSR count). The number of benzene rings is 3. The average Bonchev–Trinajstić information content (AvgIpc) is 3.38. The lowest BCUT2D eigenvalue weighted by Crippen LogP contribution is -2.40. The second kappa shape index (κ2) is 12.9. The third-order valence-electron chi connectivity index (χ3n) is 5.98. The molecule has 1 heterocycles. The Hall–Kier alpha value is -4.34. The van der Waals surface area contributed by atoms with E-state index in [-0.39, 0.29) is 25.6 Å². The summed E-state index contributed by atoms with van der Waals surface area (Å²) in [7, 11) is 4.73. The van der Waals surface area contributed by atoms with E-state index in [1.54, 1.807) is 43.1 Å². The van der Waals surface area contributed by atoms with Gasteiger partial charge in [-0.05, 0) is 60.7 Å². The van der Waals surface area contributed by atoms with E-state index in [0.29, 0.717) is 28.0 Å². The van der Waals surface area contributed by atoms with Gasteiger partial charge in [0.15, 0.2) is 0 Å². The number of rotatable bonds is 11. The van der Waals surface area contributed by atoms with Gasteiger partial charge in [-0.2, -0.15) is 0 Å². The highest BCUT2D eigenvalue weighted by Gasteiger charge is 2.22. The van der Waals surface area contributed by atoms with Crippen LogP contribution in [0.2, 0.25) is 5.02 Å². The predicted octanol–water partition coefficient (Wildman–Crippen LogP) is 4.94. The highest BCUT2D eigenvalue weighted by molar-refractivity contribution is 6.33. The molecule has 0 aliphatic rings. The minimum Gasteiger partial charge on any atom is -0.497 e. The third kappa shape index (κ3) is 6.76. The summed E-state index contributed by atoms with van der Waals surface area (Å²) in [6.07, 6.45) is 1.83. The highest BCUT2D eigenvalue weighted by atomic mass is 35.5. The van der Waals surface area contributed by atoms with E-state index in [0.717, 1.165) is 17.0 Å². The Morgan fingerprint density at radius 2 is 1.56 bits per heavy atom. The number of carbonyl (C=O) groups excluding carboxylic acids is 2. The first-order chi connectivity index (χ1) is 18.9. The largest absolute Gasteiger partial charge is 0.497 e. The number of imidazole rings is 1. The molecule has 3 aromatic carbocycles. The minimum atomic E-state index is -0.423. The van der Waals surface area contributed by atoms with Crippen molar-refractivity contribution in [2.45, 2.75) is 0 Å². The van der Waals surface area contributed by atoms with Crippen molar-refractivity contribution < 1.29 is 23.8 Å². The molecule has 2 amide bonds. The molecule has 0 atom stereocenters. The summed E-state index contributed by atoms with van der Waals surface area (Å²) in [4.78, 5) is 32.5. The summed E-state index contributed by atoms with van der Waals surface area (Å²) >= 11 is 6.24. The first-order valence-corrected chi connectivity index (χ1v) is 12.5. The standard InChI is InChI=1S/C29H29ClN4O5/c1-37-17-16-33(28(36)24-6-4-5-7-25(24)30)19-27(35)32-29-31-26(20-8-12-22(38-2)13-9-20)18-34(29)21-10-14-23(39-3)15-11-21/h4-15,18H,16-17,19H2,1-3H3,(H,31,32,35). The van der Waals surface area contributed by atoms with Crippen molar-refractivity contribution in [1.29, 1.82) is 0 Å². The molecular formula is C29H29ClN4O5. The van der Waals surface area contributed by atoms with Crippen molar-refractivity contribution in [1.82, 2.24) is 14.5 Å². The SMILES string of the molecule is COCCN(CC(=O)Nc1nc(-c2ccc(OC)cc2)cn1-c1ccc(OC)cc1)C(=O)c1ccccc1Cl. The molecule has 0 unspecified atom stereocenters. The number of nitrogens with one attached hydrogen (secondary N) is 1. The van der Waals surface area contributed by atoms with Crippen molar-refractivity contribution in [2.24, 2.45) is 0 Å². The number of hydrogen-bond acceptors (Lipinski definition) is 6. The van der Waals surface area contributed by atoms with Crippen LogP contribution in [-0.2, 0) is 9.53 Å². The number of amides is 2. The van der Waals surface area contributed by atoms with Crippen molar-refractivity contribution >= 4 is 29.4 Å². The van der Waals surface area contributed by atoms with E-state index in [9.17, 15) is 9.59 Å². The normalized spacial score (nSPS) is 10.7. The van der Waals surface area contributed by atoms with E-state index in [1.807, 2.05) is 54.7 Å². The van der Waals surface area contributed by atoms with Gasteiger partial charge in [0, 0.05) is 31.1 Å². The second-order valence-electron chi connectivity index (χ2n) is 8.49. The fraction of sp³-hybridized carbons (Fsp3) is 0.207. The number of aromatic nitrogens is 2. The molecule has 0 bridgehead atoms. The molecule has 0 aliphatic carbocycles. The highest BCUT2D eigenvalue weighted by Crippen LogP contribution is 2.27. The van der Waals surface area contributed by atoms with Gasteiger partial charge < -0.3 is 19.1 Å². The van der Waals surface area contributed by atoms with Crippen LogP contribution < -0.4 is 14.8 Å². The number of methoxy groups -OCH3 is 3. The first kappa shape index (κ1) is 27.7. The fourth-order valence-electron chi connectivity index (χ4n) is 3.91. The van der Waals surface area contributed by atoms with E-state index in [1.165, 1.54) is 12.0 Å². The van der Waals surface area contributed by atoms with Crippen LogP contribution >= 0.6 is 11.6 Å². The Kier molecular flexibility index (Phi) is 9.19. The third-order valence-corrected chi connectivity index (χ3v) is 6.31. The van der Waals surface area contributed by atoms with Gasteiger partial charge in [0.2, 0.25) is 11.9 Å². The predicted molar refractivity (Wildman–Crippen MR) is 150 cm³/mol. The van der Waals surface area contributed by atoms with Crippen molar-refractivity contribution in [2.75, 3.05) is 46.3 Å². The molecule has 1 aromatic heterocycles. The summed E-state index contributed by atoms with van der Waals surface area (Å²) < 4.78 is 17.5. The lowest BCUT2D eigenvalue weighted by Gasteiger charge is -2.22. The minimum absolute atomic E-state index is 0.206. The lowest BCUT2D eigenvalue weighted by molar-refractivity contribution is -0.117. The molecule has 9 nitrogen and oxygen atoms in total. The van der Waals surface area contributed by atoms with Crippen LogP contribution in [0.25, 0.3) is 16.9 Å². The van der Waals surface area contributed by atoms with Gasteiger partial charge in [-0.15, -0.1) is 0 Å². The maximum absolute atomic E-state index is 13.3. The van der Waals surface area contributed by atoms with E-state index in [4.69, 9.17) is 30.8 Å². The van der Waals surface area contributed by atoms with Gasteiger partial charge in [-0.3, -0.25) is 19.5 Å². The van der Waals surface area contributed by atoms with Gasteiger partial charge >= 0.3 is 0 Å². The van der Waals surface area contributed by atoms with Crippen LogP contribution in [0.1, 0.15) is 10.4 Å². The summed E-state index contributed by atoms with van der Waals surface area (Å²) in [5, 5.41) is 3.18. The zero-order valence-electron chi connectivity index (χ0n) is 21.9. The topological polar surface area (TPSA) is 94.9 Å². The molecule has 10 heteroatoms. The molecule has 0 saturated carbocycles. The van der Waals surface area contributed by atoms with Gasteiger partial charge in [-0.1, -0.05) is 23.7 Å². The van der Waals surface area contributed by atoms with Gasteiger partial charge in [0.25, 0.3) is 5.91 Å². The number of carbonyl (C=O) groups is 2. The number of hydrogen-bond donors (Lipinski definition) is 1. The van der Waals surface area contributed by atoms with Crippen molar-refractivity contribution in [3.05, 3.63) is 89.6 Å². The van der Waals surface area contributed by atoms with Gasteiger partial charge in [-0.25, -0.2) is 4.98 Å². The van der Waals surface area contributed by atoms with Gasteiger partial charge in [0.1, 0.15) is 18.0 Å². The molecule has 1 N–H and O–H groups in total. The average molecular weight is 549 g/mol. The number of halogens is 1. The van der Waals surface area contributed by atoms with Crippen LogP contribution in [0, 0.1) is 0 Å². The number of nitrogens with zero attached hydrogens (tertiary/aromatic N) is 3.